The molecule has 5 heteroatoms. The molecule has 1 N–H and O–H groups in total. The van der Waals surface area contributed by atoms with E-state index in [0.29, 0.717) is 0 Å². The number of ether oxygens (including phenoxy) is 1. The number of morpholine rings is 1. The van der Waals surface area contributed by atoms with E-state index in [2.05, 4.69) is 26.1 Å². The Morgan fingerprint density at radius 3 is 2.82 bits per heavy atom. The van der Waals surface area contributed by atoms with Crippen molar-refractivity contribution in [1.29, 1.82) is 0 Å². The van der Waals surface area contributed by atoms with E-state index in [1.54, 1.807) is 0 Å². The van der Waals surface area contributed by atoms with E-state index < -0.39 is 0 Å². The Morgan fingerprint density at radius 2 is 2.12 bits per heavy atom. The van der Waals surface area contributed by atoms with Gasteiger partial charge in [0.15, 0.2) is 4.67 Å². The monoisotopic (exact) mass is 302 g/mol. The molecule has 1 aliphatic rings. The first-order valence-electron chi connectivity index (χ1n) is 6.09. The molecule has 1 aliphatic heterocycles. The average molecular weight is 303 g/mol. The van der Waals surface area contributed by atoms with E-state index in [1.807, 2.05) is 12.1 Å². The maximum atomic E-state index is 5.41. The number of nitrogens with zero attached hydrogens (tertiary/aromatic N) is 1. The summed E-state index contributed by atoms with van der Waals surface area (Å²) < 4.78 is 11.5. The second-order valence-corrected chi connectivity index (χ2v) is 4.97. The lowest BCUT2D eigenvalue weighted by molar-refractivity contribution is 0.0374. The van der Waals surface area contributed by atoms with Crippen molar-refractivity contribution in [2.75, 3.05) is 39.4 Å². The zero-order chi connectivity index (χ0) is 11.9. The van der Waals surface area contributed by atoms with Gasteiger partial charge in [0.2, 0.25) is 0 Å². The van der Waals surface area contributed by atoms with Gasteiger partial charge in [0, 0.05) is 13.1 Å². The Kier molecular flexibility index (Phi) is 5.51. The molecule has 1 aromatic rings. The zero-order valence-electron chi connectivity index (χ0n) is 9.95. The summed E-state index contributed by atoms with van der Waals surface area (Å²) in [5, 5.41) is 3.38. The van der Waals surface area contributed by atoms with Crippen LogP contribution in [0, 0.1) is 0 Å². The highest BCUT2D eigenvalue weighted by molar-refractivity contribution is 9.10. The molecule has 0 bridgehead atoms. The van der Waals surface area contributed by atoms with E-state index in [1.165, 1.54) is 6.42 Å². The highest BCUT2D eigenvalue weighted by atomic mass is 79.9. The predicted octanol–water partition coefficient (Wildman–Crippen LogP) is 1.85. The van der Waals surface area contributed by atoms with Crippen LogP contribution in [0.1, 0.15) is 12.2 Å². The van der Waals surface area contributed by atoms with Gasteiger partial charge in [0.05, 0.1) is 19.8 Å². The number of halogens is 1. The SMILES string of the molecule is Brc1ccc(CNCCCN2CCOCC2)o1. The topological polar surface area (TPSA) is 37.6 Å². The lowest BCUT2D eigenvalue weighted by Gasteiger charge is -2.26. The summed E-state index contributed by atoms with van der Waals surface area (Å²) in [7, 11) is 0. The van der Waals surface area contributed by atoms with Crippen LogP contribution in [-0.4, -0.2) is 44.3 Å². The highest BCUT2D eigenvalue weighted by Gasteiger charge is 2.08. The van der Waals surface area contributed by atoms with Crippen molar-refractivity contribution in [3.05, 3.63) is 22.6 Å². The summed E-state index contributed by atoms with van der Waals surface area (Å²) in [6.45, 7) is 6.89. The molecule has 0 saturated carbocycles. The zero-order valence-corrected chi connectivity index (χ0v) is 11.5. The van der Waals surface area contributed by atoms with E-state index in [0.717, 1.165) is 56.4 Å². The molecular weight excluding hydrogens is 284 g/mol. The van der Waals surface area contributed by atoms with Gasteiger partial charge < -0.3 is 14.5 Å². The summed E-state index contributed by atoms with van der Waals surface area (Å²) in [5.41, 5.74) is 0. The largest absolute Gasteiger partial charge is 0.453 e. The minimum absolute atomic E-state index is 0.794. The van der Waals surface area contributed by atoms with Gasteiger partial charge in [-0.05, 0) is 47.6 Å². The van der Waals surface area contributed by atoms with Gasteiger partial charge in [-0.3, -0.25) is 4.90 Å². The van der Waals surface area contributed by atoms with Crippen molar-refractivity contribution < 1.29 is 9.15 Å². The molecule has 2 rings (SSSR count). The van der Waals surface area contributed by atoms with Crippen LogP contribution in [-0.2, 0) is 11.3 Å². The van der Waals surface area contributed by atoms with Gasteiger partial charge in [0.1, 0.15) is 5.76 Å². The molecule has 0 unspecified atom stereocenters. The number of hydrogen-bond donors (Lipinski definition) is 1. The summed E-state index contributed by atoms with van der Waals surface area (Å²) >= 11 is 3.29. The molecule has 17 heavy (non-hydrogen) atoms. The van der Waals surface area contributed by atoms with Crippen molar-refractivity contribution in [2.24, 2.45) is 0 Å². The molecule has 96 valence electrons. The molecule has 1 aromatic heterocycles. The molecule has 0 atom stereocenters. The van der Waals surface area contributed by atoms with Gasteiger partial charge in [-0.2, -0.15) is 0 Å². The maximum absolute atomic E-state index is 5.41. The molecule has 1 fully saturated rings. The third kappa shape index (κ3) is 4.79. The van der Waals surface area contributed by atoms with Crippen LogP contribution < -0.4 is 5.32 Å². The molecular formula is C12H19BrN2O2. The summed E-state index contributed by atoms with van der Waals surface area (Å²) in [5.74, 6) is 0.975. The lowest BCUT2D eigenvalue weighted by atomic mass is 10.3. The van der Waals surface area contributed by atoms with Crippen LogP contribution >= 0.6 is 15.9 Å². The fourth-order valence-corrected chi connectivity index (χ4v) is 2.25. The average Bonchev–Trinajstić information content (AvgIpc) is 2.76. The first-order valence-corrected chi connectivity index (χ1v) is 6.89. The smallest absolute Gasteiger partial charge is 0.169 e. The van der Waals surface area contributed by atoms with Crippen LogP contribution in [0.15, 0.2) is 21.2 Å². The Morgan fingerprint density at radius 1 is 1.29 bits per heavy atom. The van der Waals surface area contributed by atoms with Crippen molar-refractivity contribution in [3.8, 4) is 0 Å². The van der Waals surface area contributed by atoms with Gasteiger partial charge in [0.25, 0.3) is 0 Å². The molecule has 0 radical (unpaired) electrons. The molecule has 0 aliphatic carbocycles. The van der Waals surface area contributed by atoms with Gasteiger partial charge >= 0.3 is 0 Å². The van der Waals surface area contributed by atoms with Crippen LogP contribution in [0.4, 0.5) is 0 Å². The number of furan rings is 1. The molecule has 0 amide bonds. The molecule has 2 heterocycles. The van der Waals surface area contributed by atoms with Crippen molar-refractivity contribution >= 4 is 15.9 Å². The van der Waals surface area contributed by atoms with Crippen molar-refractivity contribution in [3.63, 3.8) is 0 Å². The number of nitrogens with one attached hydrogen (secondary N) is 1. The molecule has 4 nitrogen and oxygen atoms in total. The number of rotatable bonds is 6. The summed E-state index contributed by atoms with van der Waals surface area (Å²) in [6, 6.07) is 3.91. The second-order valence-electron chi connectivity index (χ2n) is 4.19. The first kappa shape index (κ1) is 13.1. The van der Waals surface area contributed by atoms with Crippen LogP contribution in [0.25, 0.3) is 0 Å². The van der Waals surface area contributed by atoms with Crippen LogP contribution in [0.2, 0.25) is 0 Å². The van der Waals surface area contributed by atoms with Crippen LogP contribution in [0.5, 0.6) is 0 Å². The van der Waals surface area contributed by atoms with E-state index in [-0.39, 0.29) is 0 Å². The Balaban J connectivity index is 1.51. The predicted molar refractivity (Wildman–Crippen MR) is 70.0 cm³/mol. The summed E-state index contributed by atoms with van der Waals surface area (Å²) in [6.07, 6.45) is 1.17. The maximum Gasteiger partial charge on any atom is 0.169 e. The third-order valence-electron chi connectivity index (χ3n) is 2.86. The summed E-state index contributed by atoms with van der Waals surface area (Å²) in [4.78, 5) is 2.45. The molecule has 1 saturated heterocycles. The van der Waals surface area contributed by atoms with E-state index >= 15 is 0 Å². The number of hydrogen-bond acceptors (Lipinski definition) is 4. The van der Waals surface area contributed by atoms with Crippen molar-refractivity contribution in [2.45, 2.75) is 13.0 Å². The fourth-order valence-electron chi connectivity index (χ4n) is 1.91. The quantitative estimate of drug-likeness (QED) is 0.814. The van der Waals surface area contributed by atoms with Gasteiger partial charge in [-0.15, -0.1) is 0 Å². The normalized spacial score (nSPS) is 17.5. The fraction of sp³-hybridized carbons (Fsp3) is 0.667. The van der Waals surface area contributed by atoms with Gasteiger partial charge in [-0.25, -0.2) is 0 Å². The minimum Gasteiger partial charge on any atom is -0.453 e. The van der Waals surface area contributed by atoms with Crippen molar-refractivity contribution in [1.82, 2.24) is 10.2 Å². The Labute approximate surface area is 110 Å². The third-order valence-corrected chi connectivity index (χ3v) is 3.29. The standard InChI is InChI=1S/C12H19BrN2O2/c13-12-3-2-11(17-12)10-14-4-1-5-15-6-8-16-9-7-15/h2-3,14H,1,4-10H2. The van der Waals surface area contributed by atoms with E-state index in [4.69, 9.17) is 9.15 Å². The second kappa shape index (κ2) is 7.16. The Bertz CT molecular complexity index is 324. The first-order chi connectivity index (χ1) is 8.34. The Hall–Kier alpha value is -0.360. The van der Waals surface area contributed by atoms with Gasteiger partial charge in [-0.1, -0.05) is 0 Å². The molecule has 0 aromatic carbocycles. The van der Waals surface area contributed by atoms with E-state index in [9.17, 15) is 0 Å². The lowest BCUT2D eigenvalue weighted by Crippen LogP contribution is -2.37. The minimum atomic E-state index is 0.794. The molecule has 0 spiro atoms. The van der Waals surface area contributed by atoms with Crippen LogP contribution in [0.3, 0.4) is 0 Å². The highest BCUT2D eigenvalue weighted by Crippen LogP contribution is 2.13.